The van der Waals surface area contributed by atoms with E-state index in [1.54, 1.807) is 29.2 Å². The molecule has 1 atom stereocenters. The van der Waals surface area contributed by atoms with Crippen molar-refractivity contribution >= 4 is 11.6 Å². The average molecular weight is 507 g/mol. The molecule has 0 saturated heterocycles. The minimum Gasteiger partial charge on any atom is -0.494 e. The van der Waals surface area contributed by atoms with E-state index < -0.39 is 35.7 Å². The first-order valence-corrected chi connectivity index (χ1v) is 10.5. The van der Waals surface area contributed by atoms with E-state index in [1.807, 2.05) is 6.92 Å². The molecule has 4 rings (SSSR count). The second-order valence-corrected chi connectivity index (χ2v) is 7.82. The Bertz CT molecular complexity index is 1430. The van der Waals surface area contributed by atoms with Gasteiger partial charge in [-0.2, -0.15) is 5.10 Å². The summed E-state index contributed by atoms with van der Waals surface area (Å²) in [5.41, 5.74) is 0.394. The maximum absolute atomic E-state index is 13.8. The number of aliphatic hydroxyl groups excluding tert-OH is 1. The number of benzene rings is 2. The number of methoxy groups -OCH3 is 1. The fraction of sp³-hybridized carbons (Fsp3) is 0.174. The lowest BCUT2D eigenvalue weighted by Gasteiger charge is -2.18. The predicted octanol–water partition coefficient (Wildman–Crippen LogP) is 4.19. The SMILES string of the molecule is COc1cc(Oc2cc(Cl)nn(C(CO)c3cc(F)c(F)c(F)c3)c2=O)ccc1-n1cnc(C)c1. The highest BCUT2D eigenvalue weighted by Gasteiger charge is 2.23. The second-order valence-electron chi connectivity index (χ2n) is 7.44. The van der Waals surface area contributed by atoms with Gasteiger partial charge in [-0.1, -0.05) is 11.6 Å². The third-order valence-electron chi connectivity index (χ3n) is 5.10. The van der Waals surface area contributed by atoms with E-state index in [2.05, 4.69) is 10.1 Å². The van der Waals surface area contributed by atoms with Gasteiger partial charge in [0.2, 0.25) is 0 Å². The summed E-state index contributed by atoms with van der Waals surface area (Å²) in [6.07, 6.45) is 3.42. The predicted molar refractivity (Wildman–Crippen MR) is 120 cm³/mol. The van der Waals surface area contributed by atoms with Gasteiger partial charge in [0, 0.05) is 18.3 Å². The number of ether oxygens (including phenoxy) is 2. The van der Waals surface area contributed by atoms with Crippen molar-refractivity contribution in [1.82, 2.24) is 19.3 Å². The summed E-state index contributed by atoms with van der Waals surface area (Å²) >= 11 is 6.06. The molecule has 8 nitrogen and oxygen atoms in total. The van der Waals surface area contributed by atoms with Gasteiger partial charge in [-0.25, -0.2) is 22.8 Å². The van der Waals surface area contributed by atoms with Crippen LogP contribution >= 0.6 is 11.6 Å². The highest BCUT2D eigenvalue weighted by atomic mass is 35.5. The normalized spacial score (nSPS) is 12.0. The monoisotopic (exact) mass is 506 g/mol. The number of nitrogens with zero attached hydrogens (tertiary/aromatic N) is 4. The Morgan fingerprint density at radius 2 is 1.83 bits per heavy atom. The zero-order valence-electron chi connectivity index (χ0n) is 18.4. The summed E-state index contributed by atoms with van der Waals surface area (Å²) in [4.78, 5) is 17.3. The van der Waals surface area contributed by atoms with Crippen LogP contribution in [0.1, 0.15) is 17.3 Å². The molecule has 2 aromatic carbocycles. The molecule has 2 heterocycles. The first-order valence-electron chi connectivity index (χ1n) is 10.1. The minimum atomic E-state index is -1.68. The van der Waals surface area contributed by atoms with E-state index in [-0.39, 0.29) is 22.2 Å². The molecular formula is C23H18ClF3N4O4. The van der Waals surface area contributed by atoms with Crippen LogP contribution in [0.3, 0.4) is 0 Å². The summed E-state index contributed by atoms with van der Waals surface area (Å²) in [5, 5.41) is 13.5. The van der Waals surface area contributed by atoms with Crippen LogP contribution in [0, 0.1) is 24.4 Å². The van der Waals surface area contributed by atoms with Gasteiger partial charge >= 0.3 is 5.56 Å². The Labute approximate surface area is 201 Å². The molecule has 12 heteroatoms. The summed E-state index contributed by atoms with van der Waals surface area (Å²) < 4.78 is 54.5. The van der Waals surface area contributed by atoms with E-state index in [1.165, 1.54) is 13.2 Å². The van der Waals surface area contributed by atoms with Crippen molar-refractivity contribution in [2.24, 2.45) is 0 Å². The summed E-state index contributed by atoms with van der Waals surface area (Å²) in [5.74, 6) is -4.28. The molecule has 0 amide bonds. The first kappa shape index (κ1) is 24.3. The molecule has 0 aliphatic heterocycles. The zero-order chi connectivity index (χ0) is 25.3. The number of halogens is 4. The molecule has 1 unspecified atom stereocenters. The van der Waals surface area contributed by atoms with E-state index in [9.17, 15) is 23.1 Å². The van der Waals surface area contributed by atoms with Crippen molar-refractivity contribution < 1.29 is 27.8 Å². The van der Waals surface area contributed by atoms with Crippen molar-refractivity contribution in [1.29, 1.82) is 0 Å². The Hall–Kier alpha value is -3.83. The lowest BCUT2D eigenvalue weighted by Crippen LogP contribution is -2.31. The third kappa shape index (κ3) is 4.86. The van der Waals surface area contributed by atoms with Crippen molar-refractivity contribution in [2.45, 2.75) is 13.0 Å². The number of hydrogen-bond donors (Lipinski definition) is 1. The maximum Gasteiger partial charge on any atom is 0.310 e. The quantitative estimate of drug-likeness (QED) is 0.378. The Morgan fingerprint density at radius 3 is 2.43 bits per heavy atom. The van der Waals surface area contributed by atoms with Crippen LogP contribution in [0.4, 0.5) is 13.2 Å². The lowest BCUT2D eigenvalue weighted by molar-refractivity contribution is 0.234. The van der Waals surface area contributed by atoms with Crippen LogP contribution in [-0.2, 0) is 0 Å². The highest BCUT2D eigenvalue weighted by Crippen LogP contribution is 2.31. The molecule has 35 heavy (non-hydrogen) atoms. The zero-order valence-corrected chi connectivity index (χ0v) is 19.1. The van der Waals surface area contributed by atoms with Crippen molar-refractivity contribution in [3.63, 3.8) is 0 Å². The molecule has 0 aliphatic rings. The van der Waals surface area contributed by atoms with Gasteiger partial charge < -0.3 is 19.1 Å². The van der Waals surface area contributed by atoms with Crippen LogP contribution in [0.2, 0.25) is 5.15 Å². The Kier molecular flexibility index (Phi) is 6.81. The fourth-order valence-electron chi connectivity index (χ4n) is 3.45. The standard InChI is InChI=1S/C23H18ClF3N4O4/c1-12-9-30(11-28-12)17-4-3-14(7-19(17)34-2)35-20-8-21(24)29-31(23(20)33)18(10-32)13-5-15(25)22(27)16(26)6-13/h3-9,11,18,32H,10H2,1-2H3. The van der Waals surface area contributed by atoms with Crippen LogP contribution in [0.15, 0.2) is 53.7 Å². The molecule has 1 N–H and O–H groups in total. The van der Waals surface area contributed by atoms with Crippen LogP contribution in [0.5, 0.6) is 17.2 Å². The van der Waals surface area contributed by atoms with E-state index >= 15 is 0 Å². The summed E-state index contributed by atoms with van der Waals surface area (Å²) in [7, 11) is 1.47. The highest BCUT2D eigenvalue weighted by molar-refractivity contribution is 6.29. The number of aryl methyl sites for hydroxylation is 1. The Balaban J connectivity index is 1.72. The number of hydrogen-bond acceptors (Lipinski definition) is 6. The van der Waals surface area contributed by atoms with Crippen LogP contribution in [0.25, 0.3) is 5.69 Å². The summed E-state index contributed by atoms with van der Waals surface area (Å²) in [6.45, 7) is 1.05. The van der Waals surface area contributed by atoms with Gasteiger partial charge in [-0.05, 0) is 36.8 Å². The average Bonchev–Trinajstić information content (AvgIpc) is 3.26. The molecule has 4 aromatic rings. The van der Waals surface area contributed by atoms with Crippen molar-refractivity contribution in [2.75, 3.05) is 13.7 Å². The molecule has 0 bridgehead atoms. The largest absolute Gasteiger partial charge is 0.494 e. The molecule has 0 radical (unpaired) electrons. The van der Waals surface area contributed by atoms with E-state index in [0.29, 0.717) is 28.3 Å². The van der Waals surface area contributed by atoms with Crippen LogP contribution < -0.4 is 15.0 Å². The second kappa shape index (κ2) is 9.80. The van der Waals surface area contributed by atoms with Gasteiger partial charge in [0.15, 0.2) is 28.4 Å². The van der Waals surface area contributed by atoms with Crippen molar-refractivity contribution in [3.8, 4) is 22.9 Å². The first-order chi connectivity index (χ1) is 16.7. The molecule has 0 fully saturated rings. The third-order valence-corrected chi connectivity index (χ3v) is 5.28. The van der Waals surface area contributed by atoms with E-state index in [0.717, 1.165) is 11.8 Å². The number of aromatic nitrogens is 4. The fourth-order valence-corrected chi connectivity index (χ4v) is 3.63. The van der Waals surface area contributed by atoms with Gasteiger partial charge in [0.05, 0.1) is 31.4 Å². The van der Waals surface area contributed by atoms with Crippen molar-refractivity contribution in [3.05, 3.63) is 93.1 Å². The van der Waals surface area contributed by atoms with Gasteiger partial charge in [-0.15, -0.1) is 0 Å². The van der Waals surface area contributed by atoms with Crippen LogP contribution in [-0.4, -0.2) is 38.2 Å². The van der Waals surface area contributed by atoms with E-state index in [4.69, 9.17) is 21.1 Å². The smallest absolute Gasteiger partial charge is 0.310 e. The van der Waals surface area contributed by atoms with Gasteiger partial charge in [0.1, 0.15) is 17.5 Å². The molecule has 2 aromatic heterocycles. The molecule has 182 valence electrons. The topological polar surface area (TPSA) is 91.4 Å². The molecule has 0 aliphatic carbocycles. The number of imidazole rings is 1. The van der Waals surface area contributed by atoms with Gasteiger partial charge in [0.25, 0.3) is 0 Å². The number of aliphatic hydroxyl groups is 1. The number of rotatable bonds is 7. The maximum atomic E-state index is 13.8. The molecular weight excluding hydrogens is 489 g/mol. The lowest BCUT2D eigenvalue weighted by atomic mass is 10.1. The molecule has 0 saturated carbocycles. The minimum absolute atomic E-state index is 0.196. The molecule has 0 spiro atoms. The summed E-state index contributed by atoms with van der Waals surface area (Å²) in [6, 6.07) is 5.93. The van der Waals surface area contributed by atoms with Gasteiger partial charge in [-0.3, -0.25) is 4.79 Å². The Morgan fingerprint density at radius 1 is 1.11 bits per heavy atom.